The molecule has 2 N–H and O–H groups in total. The number of aliphatic hydroxyl groups is 1. The molecule has 1 aromatic heterocycles. The third-order valence-electron chi connectivity index (χ3n) is 2.35. The third kappa shape index (κ3) is 3.73. The number of hydrogen-bond acceptors (Lipinski definition) is 5. The van der Waals surface area contributed by atoms with Crippen molar-refractivity contribution in [3.63, 3.8) is 0 Å². The Morgan fingerprint density at radius 2 is 2.19 bits per heavy atom. The average molecular weight is 243 g/mol. The minimum atomic E-state index is 0.234. The monoisotopic (exact) mass is 243 g/mol. The van der Waals surface area contributed by atoms with Crippen LogP contribution in [0.5, 0.6) is 0 Å². The molecule has 0 radical (unpaired) electrons. The zero-order valence-corrected chi connectivity index (χ0v) is 11.3. The molecular formula is C11H21N3OS. The van der Waals surface area contributed by atoms with Crippen LogP contribution in [-0.4, -0.2) is 37.3 Å². The molecule has 0 aliphatic carbocycles. The number of aromatic nitrogens is 1. The van der Waals surface area contributed by atoms with Crippen LogP contribution in [0.4, 0.5) is 5.13 Å². The summed E-state index contributed by atoms with van der Waals surface area (Å²) in [5.74, 6) is 0.307. The van der Waals surface area contributed by atoms with Crippen LogP contribution in [0, 0.1) is 12.8 Å². The molecule has 0 aliphatic heterocycles. The van der Waals surface area contributed by atoms with E-state index in [1.54, 1.807) is 11.3 Å². The first-order valence-corrected chi connectivity index (χ1v) is 6.31. The van der Waals surface area contributed by atoms with Crippen molar-refractivity contribution in [2.75, 3.05) is 32.1 Å². The maximum absolute atomic E-state index is 8.91. The van der Waals surface area contributed by atoms with E-state index in [0.717, 1.165) is 23.9 Å². The number of nitrogens with zero attached hydrogens (tertiary/aromatic N) is 2. The van der Waals surface area contributed by atoms with Crippen molar-refractivity contribution in [1.29, 1.82) is 0 Å². The van der Waals surface area contributed by atoms with Gasteiger partial charge in [0.2, 0.25) is 0 Å². The number of aryl methyl sites for hydroxylation is 1. The Morgan fingerprint density at radius 3 is 2.69 bits per heavy atom. The molecule has 0 aliphatic rings. The highest BCUT2D eigenvalue weighted by atomic mass is 32.1. The van der Waals surface area contributed by atoms with E-state index in [0.29, 0.717) is 5.92 Å². The van der Waals surface area contributed by atoms with E-state index in [2.05, 4.69) is 10.3 Å². The SMILES string of the molecule is Cc1nc(N(C)C)sc1CNCC(C)CO. The fraction of sp³-hybridized carbons (Fsp3) is 0.727. The fourth-order valence-electron chi connectivity index (χ4n) is 1.26. The van der Waals surface area contributed by atoms with Gasteiger partial charge in [-0.25, -0.2) is 4.98 Å². The molecule has 1 aromatic rings. The molecule has 0 aromatic carbocycles. The van der Waals surface area contributed by atoms with E-state index < -0.39 is 0 Å². The molecule has 0 saturated heterocycles. The Hall–Kier alpha value is -0.650. The van der Waals surface area contributed by atoms with Crippen molar-refractivity contribution < 1.29 is 5.11 Å². The van der Waals surface area contributed by atoms with Crippen LogP contribution in [0.3, 0.4) is 0 Å². The van der Waals surface area contributed by atoms with Gasteiger partial charge in [-0.1, -0.05) is 6.92 Å². The molecule has 1 rings (SSSR count). The summed E-state index contributed by atoms with van der Waals surface area (Å²) in [7, 11) is 4.01. The van der Waals surface area contributed by atoms with Crippen molar-refractivity contribution in [3.8, 4) is 0 Å². The topological polar surface area (TPSA) is 48.4 Å². The van der Waals surface area contributed by atoms with Gasteiger partial charge in [-0.05, 0) is 12.8 Å². The summed E-state index contributed by atoms with van der Waals surface area (Å²) in [6, 6.07) is 0. The van der Waals surface area contributed by atoms with Crippen LogP contribution >= 0.6 is 11.3 Å². The molecule has 16 heavy (non-hydrogen) atoms. The minimum Gasteiger partial charge on any atom is -0.396 e. The highest BCUT2D eigenvalue weighted by Gasteiger charge is 2.08. The van der Waals surface area contributed by atoms with Crippen LogP contribution < -0.4 is 10.2 Å². The van der Waals surface area contributed by atoms with Crippen molar-refractivity contribution >= 4 is 16.5 Å². The minimum absolute atomic E-state index is 0.234. The largest absolute Gasteiger partial charge is 0.396 e. The second-order valence-corrected chi connectivity index (χ2v) is 5.38. The van der Waals surface area contributed by atoms with Crippen LogP contribution in [0.25, 0.3) is 0 Å². The van der Waals surface area contributed by atoms with E-state index in [-0.39, 0.29) is 6.61 Å². The Kier molecular flexibility index (Phi) is 5.18. The van der Waals surface area contributed by atoms with Gasteiger partial charge < -0.3 is 15.3 Å². The van der Waals surface area contributed by atoms with Gasteiger partial charge >= 0.3 is 0 Å². The summed E-state index contributed by atoms with van der Waals surface area (Å²) >= 11 is 1.72. The predicted octanol–water partition coefficient (Wildman–Crippen LogP) is 1.24. The summed E-state index contributed by atoms with van der Waals surface area (Å²) in [4.78, 5) is 7.78. The van der Waals surface area contributed by atoms with Gasteiger partial charge in [0.05, 0.1) is 5.69 Å². The Morgan fingerprint density at radius 1 is 1.50 bits per heavy atom. The lowest BCUT2D eigenvalue weighted by Crippen LogP contribution is -2.22. The normalized spacial score (nSPS) is 12.8. The van der Waals surface area contributed by atoms with E-state index in [1.165, 1.54) is 4.88 Å². The van der Waals surface area contributed by atoms with Crippen molar-refractivity contribution in [2.24, 2.45) is 5.92 Å². The summed E-state index contributed by atoms with van der Waals surface area (Å²) in [5, 5.41) is 13.3. The Balaban J connectivity index is 2.47. The smallest absolute Gasteiger partial charge is 0.185 e. The summed E-state index contributed by atoms with van der Waals surface area (Å²) in [6.45, 7) is 5.97. The zero-order valence-electron chi connectivity index (χ0n) is 10.4. The molecule has 1 atom stereocenters. The van der Waals surface area contributed by atoms with Crippen LogP contribution in [0.1, 0.15) is 17.5 Å². The molecule has 0 bridgehead atoms. The molecule has 5 heteroatoms. The second-order valence-electron chi connectivity index (χ2n) is 4.32. The lowest BCUT2D eigenvalue weighted by molar-refractivity contribution is 0.233. The van der Waals surface area contributed by atoms with Gasteiger partial charge in [0.15, 0.2) is 5.13 Å². The second kappa shape index (κ2) is 6.18. The van der Waals surface area contributed by atoms with E-state index in [1.807, 2.05) is 32.8 Å². The number of nitrogens with one attached hydrogen (secondary N) is 1. The van der Waals surface area contributed by atoms with Crippen LogP contribution in [0.2, 0.25) is 0 Å². The molecule has 0 fully saturated rings. The van der Waals surface area contributed by atoms with Crippen molar-refractivity contribution in [3.05, 3.63) is 10.6 Å². The lowest BCUT2D eigenvalue weighted by Gasteiger charge is -2.08. The van der Waals surface area contributed by atoms with E-state index in [4.69, 9.17) is 5.11 Å². The maximum atomic E-state index is 8.91. The highest BCUT2D eigenvalue weighted by molar-refractivity contribution is 7.15. The highest BCUT2D eigenvalue weighted by Crippen LogP contribution is 2.24. The first-order valence-electron chi connectivity index (χ1n) is 5.49. The van der Waals surface area contributed by atoms with Gasteiger partial charge in [-0.3, -0.25) is 0 Å². The molecule has 4 nitrogen and oxygen atoms in total. The van der Waals surface area contributed by atoms with Gasteiger partial charge in [-0.15, -0.1) is 11.3 Å². The van der Waals surface area contributed by atoms with Gasteiger partial charge in [0.1, 0.15) is 0 Å². The first-order chi connectivity index (χ1) is 7.54. The quantitative estimate of drug-likeness (QED) is 0.789. The van der Waals surface area contributed by atoms with Crippen molar-refractivity contribution in [2.45, 2.75) is 20.4 Å². The predicted molar refractivity (Wildman–Crippen MR) is 69.1 cm³/mol. The Bertz CT molecular complexity index is 325. The molecule has 1 heterocycles. The van der Waals surface area contributed by atoms with Crippen LogP contribution in [0.15, 0.2) is 0 Å². The average Bonchev–Trinajstić information content (AvgIpc) is 2.60. The summed E-state index contributed by atoms with van der Waals surface area (Å²) in [6.07, 6.45) is 0. The maximum Gasteiger partial charge on any atom is 0.185 e. The number of thiazole rings is 1. The molecule has 0 amide bonds. The molecule has 1 unspecified atom stereocenters. The number of rotatable bonds is 6. The Labute approximate surface area is 101 Å². The van der Waals surface area contributed by atoms with Gasteiger partial charge in [0, 0.05) is 38.7 Å². The standard InChI is InChI=1S/C11H21N3OS/c1-8(7-15)5-12-6-10-9(2)13-11(16-10)14(3)4/h8,12,15H,5-7H2,1-4H3. The summed E-state index contributed by atoms with van der Waals surface area (Å²) in [5.41, 5.74) is 1.10. The summed E-state index contributed by atoms with van der Waals surface area (Å²) < 4.78 is 0. The van der Waals surface area contributed by atoms with E-state index >= 15 is 0 Å². The first kappa shape index (κ1) is 13.4. The number of aliphatic hydroxyl groups excluding tert-OH is 1. The molecule has 92 valence electrons. The third-order valence-corrected chi connectivity index (χ3v) is 3.68. The number of hydrogen-bond donors (Lipinski definition) is 2. The molecule has 0 spiro atoms. The van der Waals surface area contributed by atoms with Crippen LogP contribution in [-0.2, 0) is 6.54 Å². The number of anilines is 1. The lowest BCUT2D eigenvalue weighted by atomic mass is 10.2. The van der Waals surface area contributed by atoms with Crippen molar-refractivity contribution in [1.82, 2.24) is 10.3 Å². The van der Waals surface area contributed by atoms with Gasteiger partial charge in [-0.2, -0.15) is 0 Å². The molecular weight excluding hydrogens is 222 g/mol. The molecule has 0 saturated carbocycles. The zero-order chi connectivity index (χ0) is 12.1. The van der Waals surface area contributed by atoms with E-state index in [9.17, 15) is 0 Å². The van der Waals surface area contributed by atoms with Gasteiger partial charge in [0.25, 0.3) is 0 Å². The fourth-order valence-corrected chi connectivity index (χ4v) is 2.22.